The zero-order valence-electron chi connectivity index (χ0n) is 14.6. The zero-order chi connectivity index (χ0) is 20.0. The van der Waals surface area contributed by atoms with Gasteiger partial charge in [0, 0.05) is 12.7 Å². The van der Waals surface area contributed by atoms with E-state index in [-0.39, 0.29) is 11.3 Å². The number of carbonyl (C=O) groups excluding carboxylic acids is 1. The molecule has 0 spiro atoms. The maximum absolute atomic E-state index is 14.0. The number of carboxylic acids is 1. The highest BCUT2D eigenvalue weighted by atomic mass is 19.1. The first-order valence-electron chi connectivity index (χ1n) is 8.33. The van der Waals surface area contributed by atoms with Gasteiger partial charge in [0.2, 0.25) is 0 Å². The first kappa shape index (κ1) is 17.8. The van der Waals surface area contributed by atoms with E-state index in [1.54, 1.807) is 7.05 Å². The van der Waals surface area contributed by atoms with Crippen molar-refractivity contribution in [2.45, 2.75) is 12.0 Å². The summed E-state index contributed by atoms with van der Waals surface area (Å²) in [6, 6.07) is 6.68. The number of carboxylic acid groups (broad SMARTS) is 1. The molecule has 2 unspecified atom stereocenters. The van der Waals surface area contributed by atoms with Crippen LogP contribution in [0.2, 0.25) is 0 Å². The summed E-state index contributed by atoms with van der Waals surface area (Å²) in [7, 11) is 1.61. The SMILES string of the molecule is Cn1ncnc1C1C(=O)c2c(cc(F)cc2C(=O)O)NC1c1ccc(F)cc1. The van der Waals surface area contributed by atoms with Gasteiger partial charge in [0.15, 0.2) is 5.78 Å². The number of hydrogen-bond acceptors (Lipinski definition) is 5. The molecule has 1 aromatic heterocycles. The van der Waals surface area contributed by atoms with Crippen LogP contribution in [0.15, 0.2) is 42.7 Å². The fourth-order valence-electron chi connectivity index (χ4n) is 3.51. The van der Waals surface area contributed by atoms with Crippen LogP contribution in [0.3, 0.4) is 0 Å². The Hall–Kier alpha value is -3.62. The number of fused-ring (bicyclic) bond motifs is 1. The number of benzene rings is 2. The van der Waals surface area contributed by atoms with Gasteiger partial charge in [0.05, 0.1) is 17.2 Å². The van der Waals surface area contributed by atoms with Gasteiger partial charge >= 0.3 is 5.97 Å². The highest BCUT2D eigenvalue weighted by Gasteiger charge is 2.42. The molecule has 3 aromatic rings. The standard InChI is InChI=1S/C19H14F2N4O3/c1-25-18(22-8-23-25)15-16(9-2-4-10(20)5-3-9)24-13-7-11(21)6-12(19(27)28)14(13)17(15)26/h2-8,15-16,24H,1H3,(H,27,28). The number of carbonyl (C=O) groups is 2. The van der Waals surface area contributed by atoms with Crippen LogP contribution in [0.1, 0.15) is 44.1 Å². The minimum atomic E-state index is -1.41. The molecule has 0 amide bonds. The summed E-state index contributed by atoms with van der Waals surface area (Å²) in [6.07, 6.45) is 1.28. The van der Waals surface area contributed by atoms with E-state index in [0.717, 1.165) is 12.1 Å². The summed E-state index contributed by atoms with van der Waals surface area (Å²) in [5.74, 6) is -3.81. The van der Waals surface area contributed by atoms with E-state index >= 15 is 0 Å². The molecule has 2 atom stereocenters. The van der Waals surface area contributed by atoms with Gasteiger partial charge in [-0.25, -0.2) is 18.6 Å². The number of aromatic nitrogens is 3. The summed E-state index contributed by atoms with van der Waals surface area (Å²) in [4.78, 5) is 29.1. The van der Waals surface area contributed by atoms with E-state index in [2.05, 4.69) is 15.4 Å². The average molecular weight is 384 g/mol. The molecule has 0 bridgehead atoms. The van der Waals surface area contributed by atoms with Crippen molar-refractivity contribution < 1.29 is 23.5 Å². The lowest BCUT2D eigenvalue weighted by atomic mass is 9.80. The molecule has 0 saturated heterocycles. The normalized spacial score (nSPS) is 18.5. The van der Waals surface area contributed by atoms with Gasteiger partial charge in [-0.3, -0.25) is 9.48 Å². The molecule has 4 rings (SSSR count). The van der Waals surface area contributed by atoms with E-state index in [1.807, 2.05) is 0 Å². The third kappa shape index (κ3) is 2.81. The molecular weight excluding hydrogens is 370 g/mol. The van der Waals surface area contributed by atoms with Crippen LogP contribution in [0, 0.1) is 11.6 Å². The second kappa shape index (κ2) is 6.52. The largest absolute Gasteiger partial charge is 0.478 e. The Morgan fingerprint density at radius 1 is 1.18 bits per heavy atom. The van der Waals surface area contributed by atoms with Crippen LogP contribution in [0.25, 0.3) is 0 Å². The Kier molecular flexibility index (Phi) is 4.14. The molecule has 0 saturated carbocycles. The van der Waals surface area contributed by atoms with Gasteiger partial charge in [-0.15, -0.1) is 0 Å². The van der Waals surface area contributed by atoms with E-state index in [0.29, 0.717) is 11.4 Å². The summed E-state index contributed by atoms with van der Waals surface area (Å²) >= 11 is 0. The zero-order valence-corrected chi connectivity index (χ0v) is 14.6. The van der Waals surface area contributed by atoms with E-state index in [4.69, 9.17) is 0 Å². The molecule has 1 aliphatic heterocycles. The number of hydrogen-bond donors (Lipinski definition) is 2. The predicted octanol–water partition coefficient (Wildman–Crippen LogP) is 2.92. The van der Waals surface area contributed by atoms with Gasteiger partial charge in [0.1, 0.15) is 29.7 Å². The van der Waals surface area contributed by atoms with Crippen molar-refractivity contribution in [2.75, 3.05) is 5.32 Å². The lowest BCUT2D eigenvalue weighted by molar-refractivity contribution is 0.0690. The maximum atomic E-state index is 14.0. The Morgan fingerprint density at radius 3 is 2.50 bits per heavy atom. The number of halogens is 2. The second-order valence-corrected chi connectivity index (χ2v) is 6.44. The van der Waals surface area contributed by atoms with Crippen LogP contribution in [0.5, 0.6) is 0 Å². The molecule has 7 nitrogen and oxygen atoms in total. The van der Waals surface area contributed by atoms with Crippen LogP contribution < -0.4 is 5.32 Å². The van der Waals surface area contributed by atoms with Gasteiger partial charge in [-0.05, 0) is 29.8 Å². The minimum Gasteiger partial charge on any atom is -0.478 e. The minimum absolute atomic E-state index is 0.0649. The van der Waals surface area contributed by atoms with Gasteiger partial charge < -0.3 is 10.4 Å². The van der Waals surface area contributed by atoms with Crippen LogP contribution >= 0.6 is 0 Å². The molecular formula is C19H14F2N4O3. The Balaban J connectivity index is 1.94. The number of nitrogens with zero attached hydrogens (tertiary/aromatic N) is 3. The summed E-state index contributed by atoms with van der Waals surface area (Å²) < 4.78 is 28.8. The van der Waals surface area contributed by atoms with Gasteiger partial charge in [-0.2, -0.15) is 5.10 Å². The lowest BCUT2D eigenvalue weighted by Crippen LogP contribution is -2.35. The number of ketones is 1. The highest BCUT2D eigenvalue weighted by molar-refractivity contribution is 6.14. The Morgan fingerprint density at radius 2 is 1.89 bits per heavy atom. The van der Waals surface area contributed by atoms with Crippen molar-refractivity contribution in [3.63, 3.8) is 0 Å². The summed E-state index contributed by atoms with van der Waals surface area (Å²) in [6.45, 7) is 0. The fraction of sp³-hybridized carbons (Fsp3) is 0.158. The average Bonchev–Trinajstić information content (AvgIpc) is 3.06. The molecule has 0 aliphatic carbocycles. The van der Waals surface area contributed by atoms with Crippen molar-refractivity contribution in [1.82, 2.24) is 14.8 Å². The van der Waals surface area contributed by atoms with Crippen molar-refractivity contribution in [3.05, 3.63) is 76.9 Å². The molecule has 28 heavy (non-hydrogen) atoms. The lowest BCUT2D eigenvalue weighted by Gasteiger charge is -2.34. The fourth-order valence-corrected chi connectivity index (χ4v) is 3.51. The Labute approximate surface area is 157 Å². The van der Waals surface area contributed by atoms with Gasteiger partial charge in [-0.1, -0.05) is 12.1 Å². The van der Waals surface area contributed by atoms with Crippen LogP contribution in [0.4, 0.5) is 14.5 Å². The summed E-state index contributed by atoms with van der Waals surface area (Å²) in [5, 5.41) is 16.5. The second-order valence-electron chi connectivity index (χ2n) is 6.44. The number of aryl methyl sites for hydroxylation is 1. The maximum Gasteiger partial charge on any atom is 0.336 e. The predicted molar refractivity (Wildman–Crippen MR) is 94.2 cm³/mol. The first-order chi connectivity index (χ1) is 13.4. The molecule has 0 fully saturated rings. The monoisotopic (exact) mass is 384 g/mol. The van der Waals surface area contributed by atoms with Gasteiger partial charge in [0.25, 0.3) is 0 Å². The van der Waals surface area contributed by atoms with E-state index in [1.165, 1.54) is 35.3 Å². The Bertz CT molecular complexity index is 1100. The third-order valence-electron chi connectivity index (χ3n) is 4.76. The molecule has 9 heteroatoms. The molecule has 142 valence electrons. The van der Waals surface area contributed by atoms with Crippen LogP contribution in [-0.4, -0.2) is 31.6 Å². The van der Waals surface area contributed by atoms with Crippen molar-refractivity contribution in [2.24, 2.45) is 7.05 Å². The number of Topliss-reactive ketones (excluding diaryl/α,β-unsaturated/α-hetero) is 1. The number of nitrogens with one attached hydrogen (secondary N) is 1. The first-order valence-corrected chi connectivity index (χ1v) is 8.33. The van der Waals surface area contributed by atoms with Crippen molar-refractivity contribution in [3.8, 4) is 0 Å². The van der Waals surface area contributed by atoms with Crippen LogP contribution in [-0.2, 0) is 7.05 Å². The smallest absolute Gasteiger partial charge is 0.336 e. The van der Waals surface area contributed by atoms with Crippen molar-refractivity contribution >= 4 is 17.4 Å². The number of anilines is 1. The number of aromatic carboxylic acids is 1. The summed E-state index contributed by atoms with van der Waals surface area (Å²) in [5.41, 5.74) is 0.0714. The third-order valence-corrected chi connectivity index (χ3v) is 4.76. The molecule has 2 N–H and O–H groups in total. The van der Waals surface area contributed by atoms with E-state index in [9.17, 15) is 23.5 Å². The molecule has 1 aliphatic rings. The molecule has 2 aromatic carbocycles. The number of rotatable bonds is 3. The van der Waals surface area contributed by atoms with E-state index < -0.39 is 40.9 Å². The highest BCUT2D eigenvalue weighted by Crippen LogP contribution is 2.43. The quantitative estimate of drug-likeness (QED) is 0.721. The topological polar surface area (TPSA) is 97.1 Å². The molecule has 2 heterocycles. The van der Waals surface area contributed by atoms with Crippen molar-refractivity contribution in [1.29, 1.82) is 0 Å². The molecule has 0 radical (unpaired) electrons.